The fourth-order valence-corrected chi connectivity index (χ4v) is 1.01. The number of carbonyl (C=O) groups excluding carboxylic acids is 2. The maximum atomic E-state index is 11.2. The van der Waals surface area contributed by atoms with Gasteiger partial charge in [-0.25, -0.2) is 0 Å². The van der Waals surface area contributed by atoms with Gasteiger partial charge in [-0.3, -0.25) is 14.4 Å². The second-order valence-electron chi connectivity index (χ2n) is 4.58. The number of carbonyl (C=O) groups is 3. The van der Waals surface area contributed by atoms with Crippen LogP contribution >= 0.6 is 0 Å². The van der Waals surface area contributed by atoms with E-state index in [0.717, 1.165) is 0 Å². The number of carboxylic acid groups (broad SMARTS) is 1. The minimum absolute atomic E-state index is 0.0794. The molecule has 98 valence electrons. The summed E-state index contributed by atoms with van der Waals surface area (Å²) in [4.78, 5) is 32.5. The third kappa shape index (κ3) is 10.7. The van der Waals surface area contributed by atoms with Crippen LogP contribution in [0.2, 0.25) is 0 Å². The van der Waals surface area contributed by atoms with Gasteiger partial charge in [0.25, 0.3) is 0 Å². The maximum absolute atomic E-state index is 11.2. The van der Waals surface area contributed by atoms with Gasteiger partial charge >= 0.3 is 11.9 Å². The molecule has 0 bridgehead atoms. The SMILES string of the molecule is CC(C)(C)OC(=O)CCNC(=O)CCC(=O)O. The number of nitrogens with one attached hydrogen (secondary N) is 1. The maximum Gasteiger partial charge on any atom is 0.308 e. The van der Waals surface area contributed by atoms with Gasteiger partial charge in [-0.15, -0.1) is 0 Å². The molecule has 0 aliphatic heterocycles. The molecular formula is C11H19NO5. The van der Waals surface area contributed by atoms with Crippen LogP contribution in [0.25, 0.3) is 0 Å². The zero-order chi connectivity index (χ0) is 13.5. The Labute approximate surface area is 100 Å². The lowest BCUT2D eigenvalue weighted by Gasteiger charge is -2.19. The van der Waals surface area contributed by atoms with Crippen LogP contribution in [0.5, 0.6) is 0 Å². The largest absolute Gasteiger partial charge is 0.481 e. The van der Waals surface area contributed by atoms with E-state index in [2.05, 4.69) is 5.32 Å². The van der Waals surface area contributed by atoms with Crippen LogP contribution < -0.4 is 5.32 Å². The molecule has 0 aliphatic carbocycles. The lowest BCUT2D eigenvalue weighted by atomic mass is 10.2. The van der Waals surface area contributed by atoms with Crippen LogP contribution in [0, 0.1) is 0 Å². The van der Waals surface area contributed by atoms with Crippen LogP contribution in [-0.4, -0.2) is 35.1 Å². The van der Waals surface area contributed by atoms with E-state index in [-0.39, 0.29) is 31.7 Å². The van der Waals surface area contributed by atoms with E-state index in [1.54, 1.807) is 20.8 Å². The fourth-order valence-electron chi connectivity index (χ4n) is 1.01. The van der Waals surface area contributed by atoms with Gasteiger partial charge in [0.1, 0.15) is 5.60 Å². The molecule has 0 heterocycles. The molecule has 0 aromatic heterocycles. The lowest BCUT2D eigenvalue weighted by Crippen LogP contribution is -2.29. The quantitative estimate of drug-likeness (QED) is 0.672. The van der Waals surface area contributed by atoms with Crippen molar-refractivity contribution >= 4 is 17.8 Å². The highest BCUT2D eigenvalue weighted by Gasteiger charge is 2.16. The molecule has 17 heavy (non-hydrogen) atoms. The molecule has 6 nitrogen and oxygen atoms in total. The van der Waals surface area contributed by atoms with Crippen molar-refractivity contribution in [3.05, 3.63) is 0 Å². The summed E-state index contributed by atoms with van der Waals surface area (Å²) in [7, 11) is 0. The summed E-state index contributed by atoms with van der Waals surface area (Å²) < 4.78 is 5.03. The molecule has 0 saturated carbocycles. The van der Waals surface area contributed by atoms with Gasteiger partial charge in [0.05, 0.1) is 12.8 Å². The first-order chi connectivity index (χ1) is 7.70. The van der Waals surface area contributed by atoms with Crippen molar-refractivity contribution in [3.8, 4) is 0 Å². The molecule has 0 fully saturated rings. The molecule has 0 saturated heterocycles. The summed E-state index contributed by atoms with van der Waals surface area (Å²) in [5.74, 6) is -1.79. The summed E-state index contributed by atoms with van der Waals surface area (Å²) in [6, 6.07) is 0. The highest BCUT2D eigenvalue weighted by atomic mass is 16.6. The second-order valence-corrected chi connectivity index (χ2v) is 4.58. The van der Waals surface area contributed by atoms with Gasteiger partial charge in [0.2, 0.25) is 5.91 Å². The van der Waals surface area contributed by atoms with E-state index < -0.39 is 17.5 Å². The van der Waals surface area contributed by atoms with Crippen LogP contribution in [-0.2, 0) is 19.1 Å². The summed E-state index contributed by atoms with van der Waals surface area (Å²) in [6.45, 7) is 5.44. The fraction of sp³-hybridized carbons (Fsp3) is 0.727. The lowest BCUT2D eigenvalue weighted by molar-refractivity contribution is -0.154. The van der Waals surface area contributed by atoms with Gasteiger partial charge in [0, 0.05) is 13.0 Å². The summed E-state index contributed by atoms with van der Waals surface area (Å²) in [5.41, 5.74) is -0.537. The highest BCUT2D eigenvalue weighted by Crippen LogP contribution is 2.07. The first-order valence-electron chi connectivity index (χ1n) is 5.41. The number of hydrogen-bond donors (Lipinski definition) is 2. The second kappa shape index (κ2) is 6.88. The zero-order valence-electron chi connectivity index (χ0n) is 10.4. The third-order valence-electron chi connectivity index (χ3n) is 1.64. The molecule has 0 radical (unpaired) electrons. The Kier molecular flexibility index (Phi) is 6.23. The predicted octanol–water partition coefficient (Wildman–Crippen LogP) is 0.699. The van der Waals surface area contributed by atoms with Gasteiger partial charge in [-0.05, 0) is 20.8 Å². The molecule has 0 spiro atoms. The van der Waals surface area contributed by atoms with Crippen LogP contribution in [0.4, 0.5) is 0 Å². The number of rotatable bonds is 6. The van der Waals surface area contributed by atoms with Gasteiger partial charge in [-0.2, -0.15) is 0 Å². The number of aliphatic carboxylic acids is 1. The van der Waals surface area contributed by atoms with Crippen molar-refractivity contribution in [2.45, 2.75) is 45.6 Å². The van der Waals surface area contributed by atoms with Crippen LogP contribution in [0.3, 0.4) is 0 Å². The van der Waals surface area contributed by atoms with Crippen molar-refractivity contribution in [2.75, 3.05) is 6.54 Å². The van der Waals surface area contributed by atoms with E-state index in [0.29, 0.717) is 0 Å². The molecule has 0 atom stereocenters. The molecule has 0 aromatic rings. The monoisotopic (exact) mass is 245 g/mol. The predicted molar refractivity (Wildman–Crippen MR) is 60.3 cm³/mol. The molecule has 0 aromatic carbocycles. The van der Waals surface area contributed by atoms with Gasteiger partial charge in [-0.1, -0.05) is 0 Å². The topological polar surface area (TPSA) is 92.7 Å². The van der Waals surface area contributed by atoms with Crippen molar-refractivity contribution in [2.24, 2.45) is 0 Å². The first-order valence-corrected chi connectivity index (χ1v) is 5.41. The molecular weight excluding hydrogens is 226 g/mol. The number of hydrogen-bond acceptors (Lipinski definition) is 4. The van der Waals surface area contributed by atoms with Gasteiger partial charge < -0.3 is 15.2 Å². The average Bonchev–Trinajstić information content (AvgIpc) is 2.11. The Morgan fingerprint density at radius 3 is 2.18 bits per heavy atom. The molecule has 6 heteroatoms. The summed E-state index contributed by atoms with van der Waals surface area (Å²) in [6.07, 6.45) is -0.210. The standard InChI is InChI=1S/C11H19NO5/c1-11(2,3)17-10(16)6-7-12-8(13)4-5-9(14)15/h4-7H2,1-3H3,(H,12,13)(H,14,15). The Morgan fingerprint density at radius 1 is 1.12 bits per heavy atom. The minimum Gasteiger partial charge on any atom is -0.481 e. The van der Waals surface area contributed by atoms with E-state index in [9.17, 15) is 14.4 Å². The normalized spacial score (nSPS) is 10.8. The number of carboxylic acids is 1. The van der Waals surface area contributed by atoms with E-state index in [1.165, 1.54) is 0 Å². The zero-order valence-corrected chi connectivity index (χ0v) is 10.4. The molecule has 0 rings (SSSR count). The Morgan fingerprint density at radius 2 is 1.71 bits per heavy atom. The van der Waals surface area contributed by atoms with E-state index in [4.69, 9.17) is 9.84 Å². The third-order valence-corrected chi connectivity index (χ3v) is 1.64. The van der Waals surface area contributed by atoms with Crippen molar-refractivity contribution in [1.82, 2.24) is 5.32 Å². The highest BCUT2D eigenvalue weighted by molar-refractivity contribution is 5.81. The van der Waals surface area contributed by atoms with Crippen LogP contribution in [0.1, 0.15) is 40.0 Å². The first kappa shape index (κ1) is 15.4. The molecule has 0 unspecified atom stereocenters. The number of ether oxygens (including phenoxy) is 1. The number of esters is 1. The Balaban J connectivity index is 3.66. The molecule has 0 aliphatic rings. The van der Waals surface area contributed by atoms with Crippen molar-refractivity contribution < 1.29 is 24.2 Å². The van der Waals surface area contributed by atoms with Crippen molar-refractivity contribution in [1.29, 1.82) is 0 Å². The minimum atomic E-state index is -1.02. The van der Waals surface area contributed by atoms with Crippen molar-refractivity contribution in [3.63, 3.8) is 0 Å². The molecule has 2 N–H and O–H groups in total. The van der Waals surface area contributed by atoms with E-state index in [1.807, 2.05) is 0 Å². The van der Waals surface area contributed by atoms with E-state index >= 15 is 0 Å². The summed E-state index contributed by atoms with van der Waals surface area (Å²) >= 11 is 0. The Hall–Kier alpha value is -1.59. The number of amides is 1. The smallest absolute Gasteiger partial charge is 0.308 e. The van der Waals surface area contributed by atoms with Crippen LogP contribution in [0.15, 0.2) is 0 Å². The van der Waals surface area contributed by atoms with Gasteiger partial charge in [0.15, 0.2) is 0 Å². The molecule has 1 amide bonds. The Bertz CT molecular complexity index is 293. The summed E-state index contributed by atoms with van der Waals surface area (Å²) in [5, 5.41) is 10.8. The average molecular weight is 245 g/mol.